The van der Waals surface area contributed by atoms with Gasteiger partial charge < -0.3 is 144 Å². The third-order valence-electron chi connectivity index (χ3n) is 20.7. The van der Waals surface area contributed by atoms with Gasteiger partial charge in [-0.15, -0.1) is 0 Å². The van der Waals surface area contributed by atoms with E-state index >= 15 is 9.59 Å². The average Bonchev–Trinajstić information content (AvgIpc) is 1.69. The van der Waals surface area contributed by atoms with Crippen molar-refractivity contribution in [3.8, 4) is 5.75 Å². The number of aliphatic carboxylic acids is 2. The molecule has 0 bridgehead atoms. The van der Waals surface area contributed by atoms with E-state index in [0.717, 1.165) is 13.8 Å². The lowest BCUT2D eigenvalue weighted by Gasteiger charge is -2.28. The van der Waals surface area contributed by atoms with Crippen LogP contribution in [0.15, 0.2) is 116 Å². The van der Waals surface area contributed by atoms with Gasteiger partial charge in [0.1, 0.15) is 90.3 Å². The van der Waals surface area contributed by atoms with Crippen LogP contribution < -0.4 is 114 Å². The number of aromatic amines is 2. The van der Waals surface area contributed by atoms with E-state index in [1.165, 1.54) is 36.7 Å². The van der Waals surface area contributed by atoms with Crippen LogP contribution in [-0.4, -0.2) is 277 Å². The Hall–Kier alpha value is -14.9. The zero-order valence-electron chi connectivity index (χ0n) is 73.4. The van der Waals surface area contributed by atoms with Crippen LogP contribution in [0.5, 0.6) is 5.75 Å². The number of phenols is 1. The molecule has 0 fully saturated rings. The number of nitrogens with one attached hydrogen (secondary N) is 19. The lowest BCUT2D eigenvalue weighted by atomic mass is 10.0. The number of hydrogen-bond acceptors (Lipinski definition) is 26. The minimum atomic E-state index is -1.98. The van der Waals surface area contributed by atoms with Gasteiger partial charge in [-0.3, -0.25) is 101 Å². The molecule has 0 aliphatic heterocycles. The van der Waals surface area contributed by atoms with E-state index in [0.29, 0.717) is 38.5 Å². The van der Waals surface area contributed by atoms with Crippen LogP contribution in [0.1, 0.15) is 100 Å². The maximum absolute atomic E-state index is 15.3. The topological polar surface area (TPSA) is 800 Å². The zero-order valence-corrected chi connectivity index (χ0v) is 75.2. The number of carboxylic acids is 2. The molecule has 2 aromatic heterocycles. The molecule has 0 saturated heterocycles. The van der Waals surface area contributed by atoms with E-state index in [-0.39, 0.29) is 75.1 Å². The number of carbonyl (C=O) groups is 20. The van der Waals surface area contributed by atoms with Crippen LogP contribution in [0, 0.1) is 5.41 Å². The summed E-state index contributed by atoms with van der Waals surface area (Å²) in [5.41, 5.74) is 30.4. The predicted octanol–water partition coefficient (Wildman–Crippen LogP) is -7.61. The van der Waals surface area contributed by atoms with Gasteiger partial charge in [0, 0.05) is 91.3 Å². The van der Waals surface area contributed by atoms with Crippen molar-refractivity contribution in [2.24, 2.45) is 28.7 Å². The molecule has 18 amide bonds. The van der Waals surface area contributed by atoms with E-state index in [4.69, 9.17) is 39.2 Å². The van der Waals surface area contributed by atoms with Gasteiger partial charge in [-0.05, 0) is 98.5 Å². The Labute approximate surface area is 782 Å². The summed E-state index contributed by atoms with van der Waals surface area (Å²) in [6.07, 6.45) is -2.60. The molecule has 4 aromatic carbocycles. The van der Waals surface area contributed by atoms with Gasteiger partial charge in [0.2, 0.25) is 106 Å². The lowest BCUT2D eigenvalue weighted by Crippen LogP contribution is -2.62. The fourth-order valence-corrected chi connectivity index (χ4v) is 14.2. The highest BCUT2D eigenvalue weighted by molar-refractivity contribution is 7.80. The molecule has 0 radical (unpaired) electrons. The number of carboxylic acid groups (broad SMARTS) is 2. The monoisotopic (exact) mass is 1920 g/mol. The molecule has 0 spiro atoms. The first-order valence-corrected chi connectivity index (χ1v) is 43.7. The summed E-state index contributed by atoms with van der Waals surface area (Å²) >= 11 is 8.49. The molecule has 33 N–H and O–H groups in total. The number of para-hydroxylation sites is 2. The van der Waals surface area contributed by atoms with E-state index in [9.17, 15) is 102 Å². The number of unbranched alkanes of at least 4 members (excludes halogenated alkanes) is 1. The summed E-state index contributed by atoms with van der Waals surface area (Å²) in [5, 5.41) is 86.9. The van der Waals surface area contributed by atoms with Crippen LogP contribution >= 0.6 is 25.3 Å². The highest BCUT2D eigenvalue weighted by Gasteiger charge is 2.39. The Morgan fingerprint density at radius 3 is 1.23 bits per heavy atom. The number of primary amides is 3. The van der Waals surface area contributed by atoms with E-state index in [1.807, 2.05) is 5.32 Å². The number of hydrogen-bond donors (Lipinski definition) is 30. The molecule has 48 nitrogen and oxygen atoms in total. The summed E-state index contributed by atoms with van der Waals surface area (Å²) in [6, 6.07) is 2.95. The summed E-state index contributed by atoms with van der Waals surface area (Å²) in [4.78, 5) is 279. The number of carbonyl (C=O) groups excluding carboxylic acids is 18. The quantitative estimate of drug-likeness (QED) is 0.00730. The minimum Gasteiger partial charge on any atom is -0.508 e. The number of phenolic OH excluding ortho intramolecular Hbond substituents is 1. The molecule has 6 aromatic rings. The highest BCUT2D eigenvalue weighted by atomic mass is 32.1. The maximum atomic E-state index is 15.3. The highest BCUT2D eigenvalue weighted by Crippen LogP contribution is 2.23. The molecule has 135 heavy (non-hydrogen) atoms. The van der Waals surface area contributed by atoms with Gasteiger partial charge in [0.15, 0.2) is 5.96 Å². The fraction of sp³-hybridized carbons (Fsp3) is 0.424. The molecule has 0 aliphatic carbocycles. The third kappa shape index (κ3) is 36.6. The summed E-state index contributed by atoms with van der Waals surface area (Å²) in [7, 11) is 0. The van der Waals surface area contributed by atoms with Crippen LogP contribution in [0.4, 0.5) is 0 Å². The molecule has 0 unspecified atom stereocenters. The minimum absolute atomic E-state index is 0.0367. The van der Waals surface area contributed by atoms with Crippen molar-refractivity contribution in [2.75, 3.05) is 37.7 Å². The SMILES string of the molecule is CC(=O)N[C@@H](CS)C(=O)N[C@@H](CCCNC(=N)N)C(=O)N[C@@H](CO)C(=O)N[C@@H](Cc1c[nH]c2ccccc12)C(=O)N[C@@H](CCC(N)=O)C(=O)N[C@@H](CS)C(=O)N[C@@H](Cc1ccc(O)cc1)C(=O)N[C@@H](Cc1c[nH]c2ccccc12)C(=O)N[C@@H](CC(N)=O)C(=O)N[C@@H](CCCCN)C(=O)N[C@@H](Cc1ccccc1)C(=O)NCC(=O)N[C@@H](C)C(=O)N[C@@H](CC(=O)O)C(=O)N[C@@H](CC(=O)O)C(N)=O. The van der Waals surface area contributed by atoms with E-state index < -0.39 is 273 Å². The molecule has 2 heterocycles. The van der Waals surface area contributed by atoms with Gasteiger partial charge in [-0.2, -0.15) is 25.3 Å². The van der Waals surface area contributed by atoms with Crippen molar-refractivity contribution in [3.63, 3.8) is 0 Å². The standard InChI is InChI=1S/C85H114N24O24S2/c1-42(72(121)102-62(35-70(118)119)81(130)101-56(71(89)120)34-69(116)117)96-68(115)38-95-73(122)57(29-44-13-4-3-5-14-44)103-74(123)53(19-10-11-27-86)98-80(129)61(33-67(88)114)107-79(128)60(32-47-37-94-52-18-9-7-16-50(47)52)105-77(126)58(30-45-21-23-48(112)24-22-45)104-84(133)65(41-135)109-76(125)55(25-26-66(87)113)100-78(127)59(31-46-36-93-51-17-8-6-15-49(46)51)106-82(131)63(39-110)108-75(124)54(20-12-28-92-85(90)91)99-83(132)64(40-134)97-43(2)111/h3-9,13-18,21-24,36-37,42,53-65,93-94,110,112,134-135H,10-12,19-20,25-35,38-41,86H2,1-2H3,(H2,87,113)(H2,88,114)(H2,89,120)(H,95,122)(H,96,115)(H,97,111)(H,98,129)(H,99,132)(H,100,127)(H,101,130)(H,102,121)(H,103,123)(H,104,133)(H,105,126)(H,106,131)(H,107,128)(H,108,124)(H,109,125)(H,116,117)(H,118,119)(H4,90,91,92)/t42-,53-,54-,55-,56-,57-,58-,59-,60-,61-,62-,63-,64-,65-/m0/s1. The number of fused-ring (bicyclic) bond motifs is 2. The Kier molecular flexibility index (Phi) is 44.1. The van der Waals surface area contributed by atoms with E-state index in [1.54, 1.807) is 78.9 Å². The first-order chi connectivity index (χ1) is 64.1. The second-order valence-electron chi connectivity index (χ2n) is 31.3. The number of aromatic hydroxyl groups is 1. The summed E-state index contributed by atoms with van der Waals surface area (Å²) < 4.78 is 0. The van der Waals surface area contributed by atoms with Crippen LogP contribution in [0.25, 0.3) is 21.8 Å². The Bertz CT molecular complexity index is 5240. The predicted molar refractivity (Wildman–Crippen MR) is 490 cm³/mol. The van der Waals surface area contributed by atoms with Gasteiger partial charge in [-0.1, -0.05) is 78.9 Å². The molecule has 0 aliphatic rings. The fourth-order valence-electron chi connectivity index (χ4n) is 13.7. The van der Waals surface area contributed by atoms with Crippen LogP contribution in [-0.2, 0) is 122 Å². The van der Waals surface area contributed by atoms with Crippen molar-refractivity contribution < 1.29 is 116 Å². The number of aliphatic hydroxyl groups is 1. The van der Waals surface area contributed by atoms with Crippen LogP contribution in [0.3, 0.4) is 0 Å². The Balaban J connectivity index is 1.26. The molecule has 14 atom stereocenters. The molecular weight excluding hydrogens is 1810 g/mol. The second-order valence-corrected chi connectivity index (χ2v) is 32.0. The Morgan fingerprint density at radius 1 is 0.393 bits per heavy atom. The number of guanidine groups is 1. The number of aliphatic hydroxyl groups excluding tert-OH is 1. The summed E-state index contributed by atoms with van der Waals surface area (Å²) in [6.45, 7) is 0.364. The smallest absolute Gasteiger partial charge is 0.305 e. The first-order valence-electron chi connectivity index (χ1n) is 42.4. The van der Waals surface area contributed by atoms with E-state index in [2.05, 4.69) is 115 Å². The lowest BCUT2D eigenvalue weighted by molar-refractivity contribution is -0.143. The van der Waals surface area contributed by atoms with Crippen molar-refractivity contribution in [1.82, 2.24) is 95.0 Å². The van der Waals surface area contributed by atoms with Crippen molar-refractivity contribution in [1.29, 1.82) is 5.41 Å². The second kappa shape index (κ2) is 54.8. The van der Waals surface area contributed by atoms with Gasteiger partial charge in [0.05, 0.1) is 32.4 Å². The molecule has 50 heteroatoms. The number of benzene rings is 4. The maximum Gasteiger partial charge on any atom is 0.305 e. The van der Waals surface area contributed by atoms with Crippen LogP contribution in [0.2, 0.25) is 0 Å². The number of thiol groups is 2. The number of aromatic nitrogens is 2. The molecule has 730 valence electrons. The number of rotatable bonds is 58. The van der Waals surface area contributed by atoms with Gasteiger partial charge in [-0.25, -0.2) is 0 Å². The number of nitrogens with two attached hydrogens (primary N) is 5. The van der Waals surface area contributed by atoms with Gasteiger partial charge in [0.25, 0.3) is 0 Å². The molecule has 0 saturated carbocycles. The number of amides is 18. The Morgan fingerprint density at radius 2 is 0.770 bits per heavy atom. The normalized spacial score (nSPS) is 14.1. The average molecular weight is 1920 g/mol. The zero-order chi connectivity index (χ0) is 99.7. The van der Waals surface area contributed by atoms with Crippen molar-refractivity contribution in [3.05, 3.63) is 138 Å². The van der Waals surface area contributed by atoms with Crippen molar-refractivity contribution >= 4 is 171 Å². The van der Waals surface area contributed by atoms with Gasteiger partial charge >= 0.3 is 11.9 Å². The number of H-pyrrole nitrogens is 2. The third-order valence-corrected chi connectivity index (χ3v) is 21.4. The molecule has 6 rings (SSSR count). The largest absolute Gasteiger partial charge is 0.508 e. The van der Waals surface area contributed by atoms with Crippen molar-refractivity contribution in [2.45, 2.75) is 188 Å². The first kappa shape index (κ1) is 109. The molecular formula is C85H114N24O24S2. The summed E-state index contributed by atoms with van der Waals surface area (Å²) in [5.74, 6) is -24.3.